The van der Waals surface area contributed by atoms with Crippen LogP contribution in [0.3, 0.4) is 0 Å². The van der Waals surface area contributed by atoms with Crippen molar-refractivity contribution >= 4 is 6.02 Å². The lowest BCUT2D eigenvalue weighted by Gasteiger charge is -2.20. The van der Waals surface area contributed by atoms with Crippen molar-refractivity contribution in [2.45, 2.75) is 31.9 Å². The van der Waals surface area contributed by atoms with Gasteiger partial charge in [0.15, 0.2) is 0 Å². The molecule has 14 heavy (non-hydrogen) atoms. The average molecular weight is 198 g/mol. The molecule has 3 atom stereocenters. The highest BCUT2D eigenvalue weighted by Gasteiger charge is 2.42. The molecule has 0 bridgehead atoms. The van der Waals surface area contributed by atoms with Gasteiger partial charge in [-0.1, -0.05) is 0 Å². The Balaban J connectivity index is 2.02. The molecule has 1 fully saturated rings. The van der Waals surface area contributed by atoms with Gasteiger partial charge in [0.1, 0.15) is 6.10 Å². The van der Waals surface area contributed by atoms with Crippen molar-refractivity contribution < 1.29 is 9.84 Å². The van der Waals surface area contributed by atoms with Gasteiger partial charge in [-0.3, -0.25) is 0 Å². The molecule has 3 unspecified atom stereocenters. The molecule has 1 saturated carbocycles. The third kappa shape index (κ3) is 1.47. The zero-order valence-corrected chi connectivity index (χ0v) is 8.81. The fourth-order valence-electron chi connectivity index (χ4n) is 2.15. The predicted octanol–water partition coefficient (Wildman–Crippen LogP) is 0.464. The first-order valence-electron chi connectivity index (χ1n) is 5.32. The molecule has 1 aliphatic carbocycles. The van der Waals surface area contributed by atoms with Crippen LogP contribution in [0.5, 0.6) is 0 Å². The normalized spacial score (nSPS) is 35.1. The van der Waals surface area contributed by atoms with Crippen LogP contribution in [0.2, 0.25) is 0 Å². The number of fused-ring (bicyclic) bond motifs is 1. The SMILES string of the molecule is CCN(C)C1=NC2CCC(CO)C2O1. The molecule has 1 N–H and O–H groups in total. The Morgan fingerprint density at radius 3 is 3.00 bits per heavy atom. The minimum atomic E-state index is 0.129. The number of hydrogen-bond acceptors (Lipinski definition) is 4. The first-order chi connectivity index (χ1) is 6.76. The summed E-state index contributed by atoms with van der Waals surface area (Å²) in [6.07, 6.45) is 2.22. The Labute approximate surface area is 84.6 Å². The van der Waals surface area contributed by atoms with Crippen LogP contribution in [0.25, 0.3) is 0 Å². The highest BCUT2D eigenvalue weighted by atomic mass is 16.5. The molecule has 1 heterocycles. The zero-order chi connectivity index (χ0) is 10.1. The van der Waals surface area contributed by atoms with Crippen molar-refractivity contribution in [3.8, 4) is 0 Å². The van der Waals surface area contributed by atoms with Gasteiger partial charge in [-0.2, -0.15) is 0 Å². The van der Waals surface area contributed by atoms with Gasteiger partial charge in [0.25, 0.3) is 6.02 Å². The highest BCUT2D eigenvalue weighted by Crippen LogP contribution is 2.34. The minimum Gasteiger partial charge on any atom is -0.459 e. The van der Waals surface area contributed by atoms with Crippen molar-refractivity contribution in [2.24, 2.45) is 10.9 Å². The summed E-state index contributed by atoms with van der Waals surface area (Å²) in [5.41, 5.74) is 0. The number of aliphatic hydroxyl groups is 1. The number of amidine groups is 1. The van der Waals surface area contributed by atoms with Gasteiger partial charge in [-0.15, -0.1) is 0 Å². The van der Waals surface area contributed by atoms with E-state index in [4.69, 9.17) is 9.84 Å². The molecule has 0 radical (unpaired) electrons. The van der Waals surface area contributed by atoms with E-state index in [2.05, 4.69) is 11.9 Å². The van der Waals surface area contributed by atoms with Crippen LogP contribution in [0.1, 0.15) is 19.8 Å². The maximum absolute atomic E-state index is 9.15. The number of aliphatic imine (C=N–C) groups is 1. The summed E-state index contributed by atoms with van der Waals surface area (Å²) in [5.74, 6) is 0.284. The lowest BCUT2D eigenvalue weighted by molar-refractivity contribution is 0.0962. The molecule has 4 nitrogen and oxygen atoms in total. The Morgan fingerprint density at radius 1 is 1.57 bits per heavy atom. The predicted molar refractivity (Wildman–Crippen MR) is 54.2 cm³/mol. The second kappa shape index (κ2) is 3.77. The summed E-state index contributed by atoms with van der Waals surface area (Å²) in [4.78, 5) is 6.53. The highest BCUT2D eigenvalue weighted by molar-refractivity contribution is 5.75. The van der Waals surface area contributed by atoms with E-state index in [-0.39, 0.29) is 24.7 Å². The van der Waals surface area contributed by atoms with Gasteiger partial charge >= 0.3 is 0 Å². The van der Waals surface area contributed by atoms with Crippen LogP contribution in [0, 0.1) is 5.92 Å². The Morgan fingerprint density at radius 2 is 2.36 bits per heavy atom. The molecular formula is C10H18N2O2. The topological polar surface area (TPSA) is 45.1 Å². The van der Waals surface area contributed by atoms with Crippen molar-refractivity contribution in [2.75, 3.05) is 20.2 Å². The van der Waals surface area contributed by atoms with Crippen LogP contribution in [0.15, 0.2) is 4.99 Å². The molecule has 0 spiro atoms. The van der Waals surface area contributed by atoms with Crippen LogP contribution in [-0.4, -0.2) is 48.4 Å². The molecule has 4 heteroatoms. The van der Waals surface area contributed by atoms with Crippen molar-refractivity contribution in [1.82, 2.24) is 4.90 Å². The average Bonchev–Trinajstić information content (AvgIpc) is 2.74. The van der Waals surface area contributed by atoms with Crippen LogP contribution >= 0.6 is 0 Å². The lowest BCUT2D eigenvalue weighted by atomic mass is 10.1. The molecule has 1 aliphatic heterocycles. The first kappa shape index (κ1) is 9.77. The Kier molecular flexibility index (Phi) is 2.63. The fourth-order valence-corrected chi connectivity index (χ4v) is 2.15. The summed E-state index contributed by atoms with van der Waals surface area (Å²) >= 11 is 0. The maximum Gasteiger partial charge on any atom is 0.287 e. The van der Waals surface area contributed by atoms with Crippen molar-refractivity contribution in [1.29, 1.82) is 0 Å². The summed E-state index contributed by atoms with van der Waals surface area (Å²) in [7, 11) is 1.98. The molecule has 80 valence electrons. The summed E-state index contributed by atoms with van der Waals surface area (Å²) < 4.78 is 5.76. The number of aliphatic hydroxyl groups excluding tert-OH is 1. The third-order valence-electron chi connectivity index (χ3n) is 3.23. The van der Waals surface area contributed by atoms with E-state index < -0.39 is 0 Å². The van der Waals surface area contributed by atoms with E-state index in [0.29, 0.717) is 0 Å². The molecule has 0 aromatic heterocycles. The largest absolute Gasteiger partial charge is 0.459 e. The Bertz CT molecular complexity index is 242. The molecule has 0 aromatic carbocycles. The molecule has 2 aliphatic rings. The monoisotopic (exact) mass is 198 g/mol. The van der Waals surface area contributed by atoms with E-state index in [0.717, 1.165) is 25.4 Å². The maximum atomic E-state index is 9.15. The van der Waals surface area contributed by atoms with E-state index in [9.17, 15) is 0 Å². The zero-order valence-electron chi connectivity index (χ0n) is 8.81. The van der Waals surface area contributed by atoms with Gasteiger partial charge in [0.05, 0.1) is 6.04 Å². The number of rotatable bonds is 2. The fraction of sp³-hybridized carbons (Fsp3) is 0.900. The molecule has 0 saturated heterocycles. The van der Waals surface area contributed by atoms with Gasteiger partial charge in [0.2, 0.25) is 0 Å². The molecular weight excluding hydrogens is 180 g/mol. The van der Waals surface area contributed by atoms with E-state index in [1.54, 1.807) is 0 Å². The van der Waals surface area contributed by atoms with Crippen LogP contribution < -0.4 is 0 Å². The van der Waals surface area contributed by atoms with E-state index in [1.165, 1.54) is 0 Å². The summed E-state index contributed by atoms with van der Waals surface area (Å²) in [6, 6.07) is 1.04. The quantitative estimate of drug-likeness (QED) is 0.701. The van der Waals surface area contributed by atoms with Crippen molar-refractivity contribution in [3.63, 3.8) is 0 Å². The smallest absolute Gasteiger partial charge is 0.287 e. The third-order valence-corrected chi connectivity index (χ3v) is 3.23. The van der Waals surface area contributed by atoms with E-state index in [1.807, 2.05) is 11.9 Å². The Hall–Kier alpha value is -0.770. The number of hydrogen-bond donors (Lipinski definition) is 1. The lowest BCUT2D eigenvalue weighted by Crippen LogP contribution is -2.31. The van der Waals surface area contributed by atoms with E-state index >= 15 is 0 Å². The van der Waals surface area contributed by atoms with Crippen molar-refractivity contribution in [3.05, 3.63) is 0 Å². The first-order valence-corrected chi connectivity index (χ1v) is 5.32. The second-order valence-corrected chi connectivity index (χ2v) is 4.10. The standard InChI is InChI=1S/C10H18N2O2/c1-3-12(2)10-11-8-5-4-7(6-13)9(8)14-10/h7-9,13H,3-6H2,1-2H3. The van der Waals surface area contributed by atoms with Gasteiger partial charge in [-0.05, 0) is 19.8 Å². The van der Waals surface area contributed by atoms with Gasteiger partial charge in [0, 0.05) is 26.1 Å². The van der Waals surface area contributed by atoms with Gasteiger partial charge < -0.3 is 14.7 Å². The minimum absolute atomic E-state index is 0.129. The summed E-state index contributed by atoms with van der Waals surface area (Å²) in [5, 5.41) is 9.15. The number of nitrogens with zero attached hydrogens (tertiary/aromatic N) is 2. The molecule has 0 amide bonds. The van der Waals surface area contributed by atoms with Crippen LogP contribution in [-0.2, 0) is 4.74 Å². The second-order valence-electron chi connectivity index (χ2n) is 4.10. The van der Waals surface area contributed by atoms with Crippen LogP contribution in [0.4, 0.5) is 0 Å². The number of ether oxygens (including phenoxy) is 1. The molecule has 0 aromatic rings. The van der Waals surface area contributed by atoms with Gasteiger partial charge in [-0.25, -0.2) is 4.99 Å². The molecule has 2 rings (SSSR count). The summed E-state index contributed by atoms with van der Waals surface area (Å²) in [6.45, 7) is 3.20.